The van der Waals surface area contributed by atoms with Gasteiger partial charge < -0.3 is 10.4 Å². The Kier molecular flexibility index (Phi) is 3.39. The first-order valence-corrected chi connectivity index (χ1v) is 6.08. The minimum absolute atomic E-state index is 0.147. The summed E-state index contributed by atoms with van der Waals surface area (Å²) < 4.78 is 13.3. The maximum atomic E-state index is 13.0. The Morgan fingerprint density at radius 1 is 1.53 bits per heavy atom. The number of aromatic nitrogens is 1. The molecule has 0 bridgehead atoms. The molecule has 0 atom stereocenters. The first kappa shape index (κ1) is 12.0. The Morgan fingerprint density at radius 2 is 2.29 bits per heavy atom. The highest BCUT2D eigenvalue weighted by Crippen LogP contribution is 2.25. The van der Waals surface area contributed by atoms with Gasteiger partial charge in [0.25, 0.3) is 0 Å². The quantitative estimate of drug-likeness (QED) is 0.910. The van der Waals surface area contributed by atoms with Crippen molar-refractivity contribution < 1.29 is 14.3 Å². The molecular formula is C10H6BrFN2O2S. The van der Waals surface area contributed by atoms with E-state index in [0.29, 0.717) is 15.3 Å². The van der Waals surface area contributed by atoms with Crippen molar-refractivity contribution in [2.24, 2.45) is 0 Å². The molecule has 0 unspecified atom stereocenters. The summed E-state index contributed by atoms with van der Waals surface area (Å²) in [6.45, 7) is 0. The van der Waals surface area contributed by atoms with Crippen LogP contribution in [0.4, 0.5) is 15.2 Å². The summed E-state index contributed by atoms with van der Waals surface area (Å²) in [5, 5.41) is 12.1. The van der Waals surface area contributed by atoms with Gasteiger partial charge in [-0.05, 0) is 34.1 Å². The molecule has 2 rings (SSSR count). The zero-order valence-corrected chi connectivity index (χ0v) is 10.7. The lowest BCUT2D eigenvalue weighted by Gasteiger charge is -2.03. The number of aromatic carboxylic acids is 1. The molecule has 4 nitrogen and oxygen atoms in total. The molecule has 1 heterocycles. The van der Waals surface area contributed by atoms with Crippen LogP contribution in [-0.2, 0) is 0 Å². The van der Waals surface area contributed by atoms with E-state index in [1.807, 2.05) is 0 Å². The molecule has 0 fully saturated rings. The van der Waals surface area contributed by atoms with E-state index < -0.39 is 5.97 Å². The van der Waals surface area contributed by atoms with E-state index in [0.717, 1.165) is 11.3 Å². The molecule has 0 radical (unpaired) electrons. The second-order valence-electron chi connectivity index (χ2n) is 3.09. The maximum Gasteiger partial charge on any atom is 0.347 e. The average Bonchev–Trinajstić information content (AvgIpc) is 2.72. The van der Waals surface area contributed by atoms with E-state index in [2.05, 4.69) is 26.2 Å². The van der Waals surface area contributed by atoms with E-state index in [1.54, 1.807) is 12.1 Å². The number of carbonyl (C=O) groups is 1. The van der Waals surface area contributed by atoms with Gasteiger partial charge in [-0.3, -0.25) is 0 Å². The summed E-state index contributed by atoms with van der Waals surface area (Å²) in [6.07, 6.45) is 1.27. The van der Waals surface area contributed by atoms with Gasteiger partial charge in [-0.25, -0.2) is 14.2 Å². The van der Waals surface area contributed by atoms with Crippen LogP contribution in [0.15, 0.2) is 28.9 Å². The van der Waals surface area contributed by atoms with Gasteiger partial charge in [-0.2, -0.15) is 0 Å². The fraction of sp³-hybridized carbons (Fsp3) is 0. The monoisotopic (exact) mass is 316 g/mol. The number of nitrogens with zero attached hydrogens (tertiary/aromatic N) is 1. The van der Waals surface area contributed by atoms with Gasteiger partial charge in [-0.1, -0.05) is 11.3 Å². The highest BCUT2D eigenvalue weighted by atomic mass is 79.9. The van der Waals surface area contributed by atoms with Crippen LogP contribution in [0.1, 0.15) is 9.67 Å². The number of carboxylic acids is 1. The van der Waals surface area contributed by atoms with E-state index in [4.69, 9.17) is 5.11 Å². The number of hydrogen-bond donors (Lipinski definition) is 2. The lowest BCUT2D eigenvalue weighted by Crippen LogP contribution is -1.90. The van der Waals surface area contributed by atoms with Gasteiger partial charge in [0.1, 0.15) is 10.7 Å². The van der Waals surface area contributed by atoms with Gasteiger partial charge in [0.2, 0.25) is 0 Å². The number of halogens is 2. The van der Waals surface area contributed by atoms with Gasteiger partial charge in [-0.15, -0.1) is 0 Å². The van der Waals surface area contributed by atoms with Crippen molar-refractivity contribution in [1.82, 2.24) is 4.98 Å². The molecule has 88 valence electrons. The summed E-state index contributed by atoms with van der Waals surface area (Å²) in [6, 6.07) is 4.40. The van der Waals surface area contributed by atoms with Crippen molar-refractivity contribution >= 4 is 44.1 Å². The fourth-order valence-corrected chi connectivity index (χ4v) is 2.18. The SMILES string of the molecule is O=C(O)c1cnc(Nc2ccc(F)c(Br)c2)s1. The lowest BCUT2D eigenvalue weighted by molar-refractivity contribution is 0.0702. The molecule has 0 saturated heterocycles. The van der Waals surface area contributed by atoms with E-state index >= 15 is 0 Å². The Bertz CT molecular complexity index is 573. The van der Waals surface area contributed by atoms with Gasteiger partial charge in [0.05, 0.1) is 10.7 Å². The summed E-state index contributed by atoms with van der Waals surface area (Å²) in [5.74, 6) is -1.38. The largest absolute Gasteiger partial charge is 0.477 e. The van der Waals surface area contributed by atoms with Crippen LogP contribution in [0.2, 0.25) is 0 Å². The van der Waals surface area contributed by atoms with Crippen molar-refractivity contribution in [3.63, 3.8) is 0 Å². The molecule has 17 heavy (non-hydrogen) atoms. The molecule has 7 heteroatoms. The van der Waals surface area contributed by atoms with E-state index in [1.165, 1.54) is 12.3 Å². The van der Waals surface area contributed by atoms with Crippen LogP contribution in [0.3, 0.4) is 0 Å². The predicted molar refractivity (Wildman–Crippen MR) is 66.5 cm³/mol. The van der Waals surface area contributed by atoms with Crippen molar-refractivity contribution in [2.75, 3.05) is 5.32 Å². The minimum atomic E-state index is -1.02. The highest BCUT2D eigenvalue weighted by molar-refractivity contribution is 9.10. The molecule has 2 N–H and O–H groups in total. The third kappa shape index (κ3) is 2.80. The summed E-state index contributed by atoms with van der Waals surface area (Å²) in [7, 11) is 0. The Morgan fingerprint density at radius 3 is 2.88 bits per heavy atom. The van der Waals surface area contributed by atoms with Crippen molar-refractivity contribution in [2.45, 2.75) is 0 Å². The Hall–Kier alpha value is -1.47. The maximum absolute atomic E-state index is 13.0. The molecule has 2 aromatic rings. The summed E-state index contributed by atoms with van der Waals surface area (Å²) in [5.41, 5.74) is 0.629. The molecular weight excluding hydrogens is 311 g/mol. The third-order valence-electron chi connectivity index (χ3n) is 1.89. The van der Waals surface area contributed by atoms with Gasteiger partial charge >= 0.3 is 5.97 Å². The second-order valence-corrected chi connectivity index (χ2v) is 4.97. The molecule has 0 aliphatic rings. The van der Waals surface area contributed by atoms with E-state index in [9.17, 15) is 9.18 Å². The van der Waals surface area contributed by atoms with Crippen molar-refractivity contribution in [1.29, 1.82) is 0 Å². The number of anilines is 2. The fourth-order valence-electron chi connectivity index (χ4n) is 1.13. The number of rotatable bonds is 3. The molecule has 0 saturated carbocycles. The molecule has 0 amide bonds. The van der Waals surface area contributed by atoms with Crippen LogP contribution in [0.25, 0.3) is 0 Å². The number of hydrogen-bond acceptors (Lipinski definition) is 4. The number of thiazole rings is 1. The second kappa shape index (κ2) is 4.80. The molecule has 0 aliphatic carbocycles. The summed E-state index contributed by atoms with van der Waals surface area (Å²) >= 11 is 4.08. The van der Waals surface area contributed by atoms with Gasteiger partial charge in [0, 0.05) is 5.69 Å². The van der Waals surface area contributed by atoms with Crippen LogP contribution in [-0.4, -0.2) is 16.1 Å². The van der Waals surface area contributed by atoms with E-state index in [-0.39, 0.29) is 10.7 Å². The normalized spacial score (nSPS) is 10.2. The molecule has 0 spiro atoms. The summed E-state index contributed by atoms with van der Waals surface area (Å²) in [4.78, 5) is 14.7. The van der Waals surface area contributed by atoms with Crippen molar-refractivity contribution in [3.8, 4) is 0 Å². The van der Waals surface area contributed by atoms with Crippen LogP contribution in [0.5, 0.6) is 0 Å². The molecule has 1 aromatic carbocycles. The predicted octanol–water partition coefficient (Wildman–Crippen LogP) is 3.49. The lowest BCUT2D eigenvalue weighted by atomic mass is 10.3. The number of carboxylic acid groups (broad SMARTS) is 1. The van der Waals surface area contributed by atoms with Crippen molar-refractivity contribution in [3.05, 3.63) is 39.6 Å². The first-order chi connectivity index (χ1) is 8.06. The Balaban J connectivity index is 2.19. The number of benzene rings is 1. The molecule has 0 aliphatic heterocycles. The minimum Gasteiger partial charge on any atom is -0.477 e. The Labute approximate surface area is 108 Å². The molecule has 1 aromatic heterocycles. The zero-order chi connectivity index (χ0) is 12.4. The zero-order valence-electron chi connectivity index (χ0n) is 8.28. The van der Waals surface area contributed by atoms with Crippen LogP contribution < -0.4 is 5.32 Å². The standard InChI is InChI=1S/C10H6BrFN2O2S/c11-6-3-5(1-2-7(6)12)14-10-13-4-8(17-10)9(15)16/h1-4H,(H,13,14)(H,15,16). The smallest absolute Gasteiger partial charge is 0.347 e. The first-order valence-electron chi connectivity index (χ1n) is 4.47. The third-order valence-corrected chi connectivity index (χ3v) is 3.40. The van der Waals surface area contributed by atoms with Crippen LogP contribution >= 0.6 is 27.3 Å². The van der Waals surface area contributed by atoms with Gasteiger partial charge in [0.15, 0.2) is 5.13 Å². The highest BCUT2D eigenvalue weighted by Gasteiger charge is 2.09. The number of nitrogens with one attached hydrogen (secondary N) is 1. The van der Waals surface area contributed by atoms with Crippen LogP contribution in [0, 0.1) is 5.82 Å². The average molecular weight is 317 g/mol. The topological polar surface area (TPSA) is 62.2 Å².